The number of likely N-dealkylation sites (tertiary alicyclic amines) is 1. The van der Waals surface area contributed by atoms with Crippen LogP contribution in [0.25, 0.3) is 0 Å². The highest BCUT2D eigenvalue weighted by atomic mass is 16.3. The lowest BCUT2D eigenvalue weighted by molar-refractivity contribution is 0.161. The van der Waals surface area contributed by atoms with Crippen LogP contribution in [0.15, 0.2) is 0 Å². The quantitative estimate of drug-likeness (QED) is 0.683. The van der Waals surface area contributed by atoms with Crippen molar-refractivity contribution >= 4 is 0 Å². The number of hydrogen-bond donors (Lipinski definition) is 2. The van der Waals surface area contributed by atoms with Crippen LogP contribution in [0.2, 0.25) is 0 Å². The summed E-state index contributed by atoms with van der Waals surface area (Å²) in [5, 5.41) is 12.7. The predicted molar refractivity (Wildman–Crippen MR) is 73.3 cm³/mol. The molecule has 1 aliphatic rings. The monoisotopic (exact) mass is 242 g/mol. The minimum Gasteiger partial charge on any atom is -0.396 e. The molecular weight excluding hydrogens is 212 g/mol. The molecule has 3 atom stereocenters. The number of hydrogen-bond acceptors (Lipinski definition) is 3. The minimum absolute atomic E-state index is 0.292. The van der Waals surface area contributed by atoms with Crippen LogP contribution in [0, 0.1) is 0 Å². The van der Waals surface area contributed by atoms with E-state index in [9.17, 15) is 0 Å². The van der Waals surface area contributed by atoms with Crippen molar-refractivity contribution in [1.82, 2.24) is 10.2 Å². The van der Waals surface area contributed by atoms with Crippen LogP contribution in [-0.2, 0) is 0 Å². The minimum atomic E-state index is 0.292. The molecule has 0 bridgehead atoms. The third-order valence-corrected chi connectivity index (χ3v) is 4.02. The van der Waals surface area contributed by atoms with Gasteiger partial charge in [-0.15, -0.1) is 0 Å². The molecule has 2 N–H and O–H groups in total. The molecule has 17 heavy (non-hydrogen) atoms. The molecule has 1 rings (SSSR count). The molecular formula is C14H30N2O. The van der Waals surface area contributed by atoms with Crippen molar-refractivity contribution in [2.75, 3.05) is 19.7 Å². The Morgan fingerprint density at radius 3 is 2.71 bits per heavy atom. The molecule has 0 radical (unpaired) electrons. The van der Waals surface area contributed by atoms with E-state index in [1.807, 2.05) is 0 Å². The summed E-state index contributed by atoms with van der Waals surface area (Å²) in [6, 6.07) is 1.92. The Kier molecular flexibility index (Phi) is 7.09. The molecule has 0 saturated carbocycles. The number of aliphatic hydroxyl groups is 1. The lowest BCUT2D eigenvalue weighted by Crippen LogP contribution is -2.46. The van der Waals surface area contributed by atoms with Crippen molar-refractivity contribution in [3.63, 3.8) is 0 Å². The third-order valence-electron chi connectivity index (χ3n) is 4.02. The Balaban J connectivity index is 2.45. The summed E-state index contributed by atoms with van der Waals surface area (Å²) < 4.78 is 0. The molecule has 0 aromatic carbocycles. The Labute approximate surface area is 107 Å². The van der Waals surface area contributed by atoms with Crippen LogP contribution in [0.3, 0.4) is 0 Å². The third kappa shape index (κ3) is 4.57. The highest BCUT2D eigenvalue weighted by Gasteiger charge is 2.30. The van der Waals surface area contributed by atoms with Crippen molar-refractivity contribution in [3.05, 3.63) is 0 Å². The van der Waals surface area contributed by atoms with E-state index >= 15 is 0 Å². The van der Waals surface area contributed by atoms with E-state index in [2.05, 4.69) is 31.0 Å². The topological polar surface area (TPSA) is 35.5 Å². The van der Waals surface area contributed by atoms with Gasteiger partial charge in [-0.2, -0.15) is 0 Å². The number of rotatable bonds is 8. The van der Waals surface area contributed by atoms with Crippen LogP contribution < -0.4 is 5.32 Å². The fourth-order valence-electron chi connectivity index (χ4n) is 2.91. The zero-order valence-corrected chi connectivity index (χ0v) is 11.8. The molecule has 0 spiro atoms. The predicted octanol–water partition coefficient (Wildman–Crippen LogP) is 2.00. The summed E-state index contributed by atoms with van der Waals surface area (Å²) in [6.45, 7) is 9.27. The fourth-order valence-corrected chi connectivity index (χ4v) is 2.91. The molecule has 0 aromatic rings. The average Bonchev–Trinajstić information content (AvgIpc) is 2.68. The van der Waals surface area contributed by atoms with E-state index < -0.39 is 0 Å². The second kappa shape index (κ2) is 8.06. The standard InChI is InChI=1S/C14H30N2O/c1-4-9-15-13(8-10-17)11-16-12(3)6-7-14(16)5-2/h12-15,17H,4-11H2,1-3H3. The smallest absolute Gasteiger partial charge is 0.0446 e. The highest BCUT2D eigenvalue weighted by molar-refractivity contribution is 4.87. The SMILES string of the molecule is CCCNC(CCO)CN1C(C)CCC1CC. The van der Waals surface area contributed by atoms with E-state index in [0.29, 0.717) is 18.7 Å². The van der Waals surface area contributed by atoms with Crippen molar-refractivity contribution in [2.24, 2.45) is 0 Å². The van der Waals surface area contributed by atoms with Gasteiger partial charge >= 0.3 is 0 Å². The van der Waals surface area contributed by atoms with E-state index in [1.54, 1.807) is 0 Å². The lowest BCUT2D eigenvalue weighted by Gasteiger charge is -2.32. The van der Waals surface area contributed by atoms with E-state index in [1.165, 1.54) is 19.3 Å². The molecule has 0 aromatic heterocycles. The van der Waals surface area contributed by atoms with Crippen molar-refractivity contribution in [1.29, 1.82) is 0 Å². The first-order chi connectivity index (χ1) is 8.22. The lowest BCUT2D eigenvalue weighted by atomic mass is 10.1. The second-order valence-electron chi connectivity index (χ2n) is 5.35. The van der Waals surface area contributed by atoms with Gasteiger partial charge in [0.25, 0.3) is 0 Å². The van der Waals surface area contributed by atoms with Gasteiger partial charge in [-0.25, -0.2) is 0 Å². The van der Waals surface area contributed by atoms with Crippen LogP contribution in [0.1, 0.15) is 52.9 Å². The zero-order chi connectivity index (χ0) is 12.7. The van der Waals surface area contributed by atoms with Crippen LogP contribution in [0.5, 0.6) is 0 Å². The first-order valence-corrected chi connectivity index (χ1v) is 7.32. The van der Waals surface area contributed by atoms with Gasteiger partial charge in [0.1, 0.15) is 0 Å². The van der Waals surface area contributed by atoms with Crippen molar-refractivity contribution < 1.29 is 5.11 Å². The summed E-state index contributed by atoms with van der Waals surface area (Å²) in [4.78, 5) is 2.64. The summed E-state index contributed by atoms with van der Waals surface area (Å²) >= 11 is 0. The fraction of sp³-hybridized carbons (Fsp3) is 1.00. The average molecular weight is 242 g/mol. The molecule has 1 heterocycles. The van der Waals surface area contributed by atoms with Gasteiger partial charge in [0.2, 0.25) is 0 Å². The van der Waals surface area contributed by atoms with Gasteiger partial charge in [-0.3, -0.25) is 4.90 Å². The van der Waals surface area contributed by atoms with E-state index in [0.717, 1.165) is 32.0 Å². The molecule has 1 aliphatic heterocycles. The van der Waals surface area contributed by atoms with Gasteiger partial charge < -0.3 is 10.4 Å². The Morgan fingerprint density at radius 1 is 1.35 bits per heavy atom. The number of nitrogens with zero attached hydrogens (tertiary/aromatic N) is 1. The van der Waals surface area contributed by atoms with Crippen LogP contribution >= 0.6 is 0 Å². The molecule has 3 heteroatoms. The maximum atomic E-state index is 9.14. The molecule has 0 aliphatic carbocycles. The summed E-state index contributed by atoms with van der Waals surface area (Å²) in [5.74, 6) is 0. The summed E-state index contributed by atoms with van der Waals surface area (Å²) in [5.41, 5.74) is 0. The van der Waals surface area contributed by atoms with Gasteiger partial charge in [-0.05, 0) is 45.6 Å². The van der Waals surface area contributed by atoms with Crippen LogP contribution in [-0.4, -0.2) is 47.8 Å². The second-order valence-corrected chi connectivity index (χ2v) is 5.35. The Bertz CT molecular complexity index is 199. The van der Waals surface area contributed by atoms with Gasteiger partial charge in [0, 0.05) is 31.3 Å². The molecule has 3 unspecified atom stereocenters. The largest absolute Gasteiger partial charge is 0.396 e. The van der Waals surface area contributed by atoms with Crippen LogP contribution in [0.4, 0.5) is 0 Å². The molecule has 3 nitrogen and oxygen atoms in total. The van der Waals surface area contributed by atoms with Crippen molar-refractivity contribution in [2.45, 2.75) is 71.0 Å². The van der Waals surface area contributed by atoms with Gasteiger partial charge in [0.05, 0.1) is 0 Å². The highest BCUT2D eigenvalue weighted by Crippen LogP contribution is 2.26. The zero-order valence-electron chi connectivity index (χ0n) is 11.8. The van der Waals surface area contributed by atoms with Gasteiger partial charge in [0.15, 0.2) is 0 Å². The normalized spacial score (nSPS) is 27.5. The van der Waals surface area contributed by atoms with E-state index in [-0.39, 0.29) is 0 Å². The molecule has 0 amide bonds. The maximum absolute atomic E-state index is 9.14. The summed E-state index contributed by atoms with van der Waals surface area (Å²) in [6.07, 6.45) is 5.97. The van der Waals surface area contributed by atoms with E-state index in [4.69, 9.17) is 5.11 Å². The first kappa shape index (κ1) is 14.9. The first-order valence-electron chi connectivity index (χ1n) is 7.32. The number of aliphatic hydroxyl groups excluding tert-OH is 1. The molecule has 102 valence electrons. The van der Waals surface area contributed by atoms with Crippen molar-refractivity contribution in [3.8, 4) is 0 Å². The molecule has 1 fully saturated rings. The molecule has 1 saturated heterocycles. The Hall–Kier alpha value is -0.120. The Morgan fingerprint density at radius 2 is 2.12 bits per heavy atom. The summed E-state index contributed by atoms with van der Waals surface area (Å²) in [7, 11) is 0. The van der Waals surface area contributed by atoms with Gasteiger partial charge in [-0.1, -0.05) is 13.8 Å². The maximum Gasteiger partial charge on any atom is 0.0446 e. The number of nitrogens with one attached hydrogen (secondary N) is 1.